The van der Waals surface area contributed by atoms with Crippen LogP contribution in [0.25, 0.3) is 0 Å². The lowest BCUT2D eigenvalue weighted by Gasteiger charge is -2.16. The average Bonchev–Trinajstić information content (AvgIpc) is 2.38. The second-order valence-corrected chi connectivity index (χ2v) is 6.61. The first-order valence-corrected chi connectivity index (χ1v) is 7.78. The fraction of sp³-hybridized carbons (Fsp3) is 0.364. The van der Waals surface area contributed by atoms with Crippen molar-refractivity contribution in [2.24, 2.45) is 0 Å². The van der Waals surface area contributed by atoms with Crippen LogP contribution in [0.3, 0.4) is 0 Å². The molecule has 0 fully saturated rings. The quantitative estimate of drug-likeness (QED) is 0.564. The monoisotopic (exact) mass is 367 g/mol. The Morgan fingerprint density at radius 3 is 2.35 bits per heavy atom. The van der Waals surface area contributed by atoms with Gasteiger partial charge >= 0.3 is 5.97 Å². The van der Waals surface area contributed by atoms with E-state index in [4.69, 9.17) is 15.3 Å². The van der Waals surface area contributed by atoms with Crippen LogP contribution in [0.15, 0.2) is 21.5 Å². The molecule has 20 heavy (non-hydrogen) atoms. The Balaban J connectivity index is 3.34. The van der Waals surface area contributed by atoms with E-state index < -0.39 is 35.2 Å². The predicted octanol–water partition coefficient (Wildman–Crippen LogP) is 0.0872. The Bertz CT molecular complexity index is 612. The molecule has 0 aliphatic heterocycles. The van der Waals surface area contributed by atoms with Crippen molar-refractivity contribution in [3.8, 4) is 0 Å². The van der Waals surface area contributed by atoms with Gasteiger partial charge in [0.1, 0.15) is 0 Å². The summed E-state index contributed by atoms with van der Waals surface area (Å²) in [6.07, 6.45) is 0. The van der Waals surface area contributed by atoms with Gasteiger partial charge in [-0.3, -0.25) is 0 Å². The highest BCUT2D eigenvalue weighted by Crippen LogP contribution is 2.26. The smallest absolute Gasteiger partial charge is 0.335 e. The van der Waals surface area contributed by atoms with Gasteiger partial charge in [-0.05, 0) is 24.6 Å². The fourth-order valence-corrected chi connectivity index (χ4v) is 3.57. The maximum atomic E-state index is 12.2. The second-order valence-electron chi connectivity index (χ2n) is 4.07. The number of halogens is 1. The number of carbonyl (C=O) groups is 1. The number of hydrogen-bond donors (Lipinski definition) is 4. The highest BCUT2D eigenvalue weighted by atomic mass is 79.9. The number of rotatable bonds is 6. The number of aliphatic hydroxyl groups excluding tert-OH is 2. The van der Waals surface area contributed by atoms with Crippen molar-refractivity contribution in [3.05, 3.63) is 27.7 Å². The first-order valence-electron chi connectivity index (χ1n) is 5.50. The van der Waals surface area contributed by atoms with Crippen LogP contribution in [-0.2, 0) is 10.0 Å². The molecule has 1 aromatic rings. The Morgan fingerprint density at radius 2 is 1.90 bits per heavy atom. The van der Waals surface area contributed by atoms with Crippen molar-refractivity contribution < 1.29 is 28.5 Å². The van der Waals surface area contributed by atoms with Gasteiger partial charge in [-0.2, -0.15) is 0 Å². The zero-order valence-electron chi connectivity index (χ0n) is 10.5. The third-order valence-corrected chi connectivity index (χ3v) is 5.07. The molecule has 0 aromatic heterocycles. The van der Waals surface area contributed by atoms with Crippen LogP contribution >= 0.6 is 15.9 Å². The van der Waals surface area contributed by atoms with E-state index in [1.807, 2.05) is 0 Å². The summed E-state index contributed by atoms with van der Waals surface area (Å²) >= 11 is 3.10. The summed E-state index contributed by atoms with van der Waals surface area (Å²) in [4.78, 5) is 10.7. The standard InChI is InChI=1S/C11H14BrNO6S/c1-6-9(12)2-7(11(16)17)3-10(6)20(18,19)13-8(4-14)5-15/h2-3,8,13-15H,4-5H2,1H3,(H,16,17). The van der Waals surface area contributed by atoms with Crippen LogP contribution < -0.4 is 4.72 Å². The molecule has 0 radical (unpaired) electrons. The summed E-state index contributed by atoms with van der Waals surface area (Å²) < 4.78 is 26.8. The molecule has 0 saturated carbocycles. The van der Waals surface area contributed by atoms with Gasteiger partial charge in [0.15, 0.2) is 0 Å². The normalized spacial score (nSPS) is 11.8. The van der Waals surface area contributed by atoms with Crippen LogP contribution in [0.4, 0.5) is 0 Å². The lowest BCUT2D eigenvalue weighted by atomic mass is 10.1. The minimum atomic E-state index is -4.06. The largest absolute Gasteiger partial charge is 0.478 e. The number of carboxylic acid groups (broad SMARTS) is 1. The molecular formula is C11H14BrNO6S. The van der Waals surface area contributed by atoms with E-state index in [-0.39, 0.29) is 10.5 Å². The molecule has 1 rings (SSSR count). The first kappa shape index (κ1) is 17.1. The van der Waals surface area contributed by atoms with Gasteiger partial charge in [0.2, 0.25) is 10.0 Å². The van der Waals surface area contributed by atoms with Gasteiger partial charge in [-0.1, -0.05) is 15.9 Å². The molecule has 0 aliphatic rings. The summed E-state index contributed by atoms with van der Waals surface area (Å²) in [5, 5.41) is 26.8. The van der Waals surface area contributed by atoms with E-state index in [2.05, 4.69) is 20.7 Å². The highest BCUT2D eigenvalue weighted by molar-refractivity contribution is 9.10. The van der Waals surface area contributed by atoms with Gasteiger partial charge in [0.05, 0.1) is 29.7 Å². The fourth-order valence-electron chi connectivity index (χ4n) is 1.47. The molecule has 0 bridgehead atoms. The summed E-state index contributed by atoms with van der Waals surface area (Å²) in [5.74, 6) is -1.26. The number of nitrogens with one attached hydrogen (secondary N) is 1. The minimum Gasteiger partial charge on any atom is -0.478 e. The van der Waals surface area contributed by atoms with Crippen LogP contribution in [0.2, 0.25) is 0 Å². The van der Waals surface area contributed by atoms with Crippen molar-refractivity contribution >= 4 is 31.9 Å². The molecule has 0 atom stereocenters. The van der Waals surface area contributed by atoms with Crippen molar-refractivity contribution in [1.29, 1.82) is 0 Å². The molecule has 0 saturated heterocycles. The lowest BCUT2D eigenvalue weighted by Crippen LogP contribution is -2.40. The number of aliphatic hydroxyl groups is 2. The molecule has 4 N–H and O–H groups in total. The topological polar surface area (TPSA) is 124 Å². The summed E-state index contributed by atoms with van der Waals surface area (Å²) in [6.45, 7) is 0.361. The molecule has 1 aromatic carbocycles. The Morgan fingerprint density at radius 1 is 1.35 bits per heavy atom. The maximum absolute atomic E-state index is 12.2. The molecule has 7 nitrogen and oxygen atoms in total. The Kier molecular flexibility index (Phi) is 5.66. The van der Waals surface area contributed by atoms with Crippen LogP contribution in [0, 0.1) is 6.92 Å². The van der Waals surface area contributed by atoms with Gasteiger partial charge in [-0.15, -0.1) is 0 Å². The molecule has 0 unspecified atom stereocenters. The van der Waals surface area contributed by atoms with Crippen molar-refractivity contribution in [2.45, 2.75) is 17.9 Å². The van der Waals surface area contributed by atoms with Crippen molar-refractivity contribution in [1.82, 2.24) is 4.72 Å². The molecule has 9 heteroatoms. The first-order chi connectivity index (χ1) is 9.22. The SMILES string of the molecule is Cc1c(Br)cc(C(=O)O)cc1S(=O)(=O)NC(CO)CO. The van der Waals surface area contributed by atoms with E-state index in [1.54, 1.807) is 0 Å². The van der Waals surface area contributed by atoms with E-state index >= 15 is 0 Å². The zero-order chi connectivity index (χ0) is 15.5. The number of hydrogen-bond acceptors (Lipinski definition) is 5. The third kappa shape index (κ3) is 3.76. The van der Waals surface area contributed by atoms with Gasteiger partial charge in [-0.25, -0.2) is 17.9 Å². The molecule has 0 heterocycles. The van der Waals surface area contributed by atoms with Crippen molar-refractivity contribution in [2.75, 3.05) is 13.2 Å². The van der Waals surface area contributed by atoms with E-state index in [9.17, 15) is 13.2 Å². The minimum absolute atomic E-state index is 0.188. The number of sulfonamides is 1. The van der Waals surface area contributed by atoms with E-state index in [1.165, 1.54) is 13.0 Å². The Hall–Kier alpha value is -1.00. The third-order valence-electron chi connectivity index (χ3n) is 2.60. The summed E-state index contributed by atoms with van der Waals surface area (Å²) in [6, 6.07) is 1.27. The lowest BCUT2D eigenvalue weighted by molar-refractivity contribution is 0.0696. The van der Waals surface area contributed by atoms with Gasteiger partial charge in [0.25, 0.3) is 0 Å². The molecule has 112 valence electrons. The average molecular weight is 368 g/mol. The zero-order valence-corrected chi connectivity index (χ0v) is 12.9. The highest BCUT2D eigenvalue weighted by Gasteiger charge is 2.24. The number of benzene rings is 1. The molecule has 0 amide bonds. The maximum Gasteiger partial charge on any atom is 0.335 e. The number of aromatic carboxylic acids is 1. The van der Waals surface area contributed by atoms with Crippen molar-refractivity contribution in [3.63, 3.8) is 0 Å². The Labute approximate surface area is 124 Å². The summed E-state index contributed by atoms with van der Waals surface area (Å²) in [7, 11) is -4.06. The molecular weight excluding hydrogens is 354 g/mol. The van der Waals surface area contributed by atoms with Crippen LogP contribution in [-0.4, -0.2) is 49.0 Å². The van der Waals surface area contributed by atoms with Crippen LogP contribution in [0.1, 0.15) is 15.9 Å². The second kappa shape index (κ2) is 6.64. The van der Waals surface area contributed by atoms with E-state index in [0.29, 0.717) is 10.0 Å². The van der Waals surface area contributed by atoms with Gasteiger partial charge in [0, 0.05) is 4.47 Å². The van der Waals surface area contributed by atoms with Gasteiger partial charge < -0.3 is 15.3 Å². The molecule has 0 aliphatic carbocycles. The van der Waals surface area contributed by atoms with Crippen LogP contribution in [0.5, 0.6) is 0 Å². The number of carboxylic acids is 1. The summed E-state index contributed by atoms with van der Waals surface area (Å²) in [5.41, 5.74) is 0.143. The van der Waals surface area contributed by atoms with E-state index in [0.717, 1.165) is 6.07 Å². The predicted molar refractivity (Wildman–Crippen MR) is 74.1 cm³/mol. The molecule has 0 spiro atoms.